The van der Waals surface area contributed by atoms with Gasteiger partial charge in [0.1, 0.15) is 4.21 Å². The van der Waals surface area contributed by atoms with Crippen LogP contribution in [0.3, 0.4) is 0 Å². The van der Waals surface area contributed by atoms with E-state index in [1.165, 1.54) is 7.05 Å². The molecule has 0 amide bonds. The summed E-state index contributed by atoms with van der Waals surface area (Å²) >= 11 is 0.660. The summed E-state index contributed by atoms with van der Waals surface area (Å²) in [4.78, 5) is 9.65. The Morgan fingerprint density at radius 2 is 2.21 bits per heavy atom. The van der Waals surface area contributed by atoms with E-state index in [2.05, 4.69) is 0 Å². The summed E-state index contributed by atoms with van der Waals surface area (Å²) in [5.41, 5.74) is 4.89. The zero-order valence-corrected chi connectivity index (χ0v) is 8.68. The van der Waals surface area contributed by atoms with Crippen molar-refractivity contribution < 1.29 is 13.3 Å². The van der Waals surface area contributed by atoms with Crippen LogP contribution in [0.15, 0.2) is 10.3 Å². The van der Waals surface area contributed by atoms with Crippen LogP contribution in [0.25, 0.3) is 0 Å². The first-order valence-electron chi connectivity index (χ1n) is 3.35. The van der Waals surface area contributed by atoms with Gasteiger partial charge in [0.05, 0.1) is 4.92 Å². The van der Waals surface area contributed by atoms with Gasteiger partial charge in [-0.05, 0) is 7.05 Å². The van der Waals surface area contributed by atoms with Crippen LogP contribution in [-0.4, -0.2) is 20.4 Å². The minimum Gasteiger partial charge on any atom is -0.385 e. The van der Waals surface area contributed by atoms with Gasteiger partial charge < -0.3 is 5.73 Å². The van der Waals surface area contributed by atoms with E-state index in [9.17, 15) is 18.5 Å². The smallest absolute Gasteiger partial charge is 0.304 e. The highest BCUT2D eigenvalue weighted by molar-refractivity contribution is 7.91. The van der Waals surface area contributed by atoms with Crippen LogP contribution < -0.4 is 10.5 Å². The number of sulfonamides is 1. The maximum Gasteiger partial charge on any atom is 0.304 e. The molecule has 0 radical (unpaired) electrons. The molecule has 0 spiro atoms. The van der Waals surface area contributed by atoms with Crippen molar-refractivity contribution in [1.82, 2.24) is 4.72 Å². The highest BCUT2D eigenvalue weighted by Gasteiger charge is 2.23. The van der Waals surface area contributed by atoms with E-state index < -0.39 is 14.9 Å². The molecule has 0 aromatic carbocycles. The third kappa shape index (κ3) is 1.84. The molecule has 0 aliphatic carbocycles. The van der Waals surface area contributed by atoms with E-state index in [0.717, 1.165) is 6.07 Å². The third-order valence-electron chi connectivity index (χ3n) is 1.45. The first-order valence-corrected chi connectivity index (χ1v) is 5.65. The molecule has 1 aromatic heterocycles. The van der Waals surface area contributed by atoms with Gasteiger partial charge in [-0.3, -0.25) is 10.1 Å². The number of nitrogens with one attached hydrogen (secondary N) is 1. The number of hydrogen-bond acceptors (Lipinski definition) is 6. The average Bonchev–Trinajstić information content (AvgIpc) is 2.48. The number of thiophene rings is 1. The molecule has 1 heterocycles. The highest BCUT2D eigenvalue weighted by Crippen LogP contribution is 2.33. The fourth-order valence-corrected chi connectivity index (χ4v) is 2.80. The zero-order chi connectivity index (χ0) is 10.9. The molecule has 0 atom stereocenters. The molecule has 0 aliphatic rings. The zero-order valence-electron chi connectivity index (χ0n) is 7.05. The van der Waals surface area contributed by atoms with E-state index in [-0.39, 0.29) is 14.9 Å². The Balaban J connectivity index is 3.29. The molecule has 78 valence electrons. The fraction of sp³-hybridized carbons (Fsp3) is 0.200. The minimum atomic E-state index is -3.65. The van der Waals surface area contributed by atoms with Crippen LogP contribution in [0.5, 0.6) is 0 Å². The van der Waals surface area contributed by atoms with E-state index in [0.29, 0.717) is 11.3 Å². The van der Waals surface area contributed by atoms with Gasteiger partial charge in [0.25, 0.3) is 0 Å². The molecule has 9 heteroatoms. The molecular formula is C5H7N3O4S2. The molecule has 0 bridgehead atoms. The maximum absolute atomic E-state index is 11.2. The van der Waals surface area contributed by atoms with Crippen molar-refractivity contribution in [3.05, 3.63) is 16.2 Å². The molecule has 0 saturated carbocycles. The highest BCUT2D eigenvalue weighted by atomic mass is 32.2. The molecule has 1 rings (SSSR count). The number of nitrogens with two attached hydrogens (primary N) is 1. The van der Waals surface area contributed by atoms with Crippen LogP contribution in [0.1, 0.15) is 0 Å². The Kier molecular flexibility index (Phi) is 2.73. The molecule has 7 nitrogen and oxygen atoms in total. The standard InChI is InChI=1S/C5H7N3O4S2/c1-7-14(11,12)4-2-3(8(9)10)5(6)13-4/h2,7H,6H2,1H3. The summed E-state index contributed by atoms with van der Waals surface area (Å²) in [6.07, 6.45) is 0. The summed E-state index contributed by atoms with van der Waals surface area (Å²) < 4.78 is 24.3. The number of rotatable bonds is 3. The number of anilines is 1. The number of nitro groups is 1. The fourth-order valence-electron chi connectivity index (χ4n) is 0.749. The van der Waals surface area contributed by atoms with Crippen molar-refractivity contribution >= 4 is 32.0 Å². The Bertz CT molecular complexity index is 463. The lowest BCUT2D eigenvalue weighted by Gasteiger charge is -1.94. The Morgan fingerprint density at radius 3 is 2.57 bits per heavy atom. The van der Waals surface area contributed by atoms with Crippen molar-refractivity contribution in [2.45, 2.75) is 4.21 Å². The first-order chi connectivity index (χ1) is 6.38. The summed E-state index contributed by atoms with van der Waals surface area (Å²) in [7, 11) is -2.43. The van der Waals surface area contributed by atoms with Gasteiger partial charge in [0.15, 0.2) is 5.00 Å². The van der Waals surface area contributed by atoms with E-state index in [4.69, 9.17) is 5.73 Å². The van der Waals surface area contributed by atoms with Gasteiger partial charge in [-0.2, -0.15) is 0 Å². The Morgan fingerprint density at radius 1 is 1.64 bits per heavy atom. The van der Waals surface area contributed by atoms with E-state index in [1.54, 1.807) is 0 Å². The van der Waals surface area contributed by atoms with Crippen molar-refractivity contribution in [2.75, 3.05) is 12.8 Å². The number of hydrogen-bond donors (Lipinski definition) is 2. The topological polar surface area (TPSA) is 115 Å². The number of nitrogens with zero attached hydrogens (tertiary/aromatic N) is 1. The SMILES string of the molecule is CNS(=O)(=O)c1cc([N+](=O)[O-])c(N)s1. The number of nitrogen functional groups attached to an aromatic ring is 1. The summed E-state index contributed by atoms with van der Waals surface area (Å²) in [5, 5.41) is 10.2. The second kappa shape index (κ2) is 3.52. The normalized spacial score (nSPS) is 11.5. The molecule has 0 unspecified atom stereocenters. The molecule has 3 N–H and O–H groups in total. The summed E-state index contributed by atoms with van der Waals surface area (Å²) in [5.74, 6) is 0. The second-order valence-corrected chi connectivity index (χ2v) is 5.48. The first kappa shape index (κ1) is 10.9. The van der Waals surface area contributed by atoms with Crippen molar-refractivity contribution in [2.24, 2.45) is 0 Å². The van der Waals surface area contributed by atoms with Gasteiger partial charge in [-0.25, -0.2) is 13.1 Å². The van der Waals surface area contributed by atoms with Crippen LogP contribution in [0, 0.1) is 10.1 Å². The molecule has 1 aromatic rings. The average molecular weight is 237 g/mol. The maximum atomic E-state index is 11.2. The molecule has 0 aliphatic heterocycles. The lowest BCUT2D eigenvalue weighted by Crippen LogP contribution is -2.17. The molecule has 14 heavy (non-hydrogen) atoms. The van der Waals surface area contributed by atoms with Crippen molar-refractivity contribution in [3.63, 3.8) is 0 Å². The Labute approximate surface area is 83.7 Å². The molecule has 0 saturated heterocycles. The van der Waals surface area contributed by atoms with Gasteiger partial charge in [0, 0.05) is 6.07 Å². The van der Waals surface area contributed by atoms with Crippen molar-refractivity contribution in [1.29, 1.82) is 0 Å². The van der Waals surface area contributed by atoms with E-state index >= 15 is 0 Å². The minimum absolute atomic E-state index is 0.121. The summed E-state index contributed by atoms with van der Waals surface area (Å²) in [6.45, 7) is 0. The lowest BCUT2D eigenvalue weighted by molar-refractivity contribution is -0.383. The van der Waals surface area contributed by atoms with Crippen molar-refractivity contribution in [3.8, 4) is 0 Å². The third-order valence-corrected chi connectivity index (χ3v) is 4.29. The second-order valence-electron chi connectivity index (χ2n) is 2.28. The lowest BCUT2D eigenvalue weighted by atomic mass is 10.5. The summed E-state index contributed by atoms with van der Waals surface area (Å²) in [6, 6.07) is 0.936. The quantitative estimate of drug-likeness (QED) is 0.573. The van der Waals surface area contributed by atoms with Gasteiger partial charge >= 0.3 is 5.69 Å². The Hall–Kier alpha value is -1.19. The van der Waals surface area contributed by atoms with Crippen LogP contribution >= 0.6 is 11.3 Å². The molecule has 0 fully saturated rings. The van der Waals surface area contributed by atoms with Crippen LogP contribution in [0.2, 0.25) is 0 Å². The predicted octanol–water partition coefficient (Wildman–Crippen LogP) is 0.147. The molecular weight excluding hydrogens is 230 g/mol. The predicted molar refractivity (Wildman–Crippen MR) is 51.6 cm³/mol. The van der Waals surface area contributed by atoms with E-state index in [1.807, 2.05) is 4.72 Å². The van der Waals surface area contributed by atoms with Crippen LogP contribution in [-0.2, 0) is 10.0 Å². The monoisotopic (exact) mass is 237 g/mol. The van der Waals surface area contributed by atoms with Crippen LogP contribution in [0.4, 0.5) is 10.7 Å². The van der Waals surface area contributed by atoms with Gasteiger partial charge in [0.2, 0.25) is 10.0 Å². The van der Waals surface area contributed by atoms with Gasteiger partial charge in [-0.1, -0.05) is 11.3 Å². The largest absolute Gasteiger partial charge is 0.385 e. The van der Waals surface area contributed by atoms with Gasteiger partial charge in [-0.15, -0.1) is 0 Å².